The van der Waals surface area contributed by atoms with E-state index in [1.165, 1.54) is 6.42 Å². The first-order chi connectivity index (χ1) is 4.45. The Balaban J connectivity index is 3.36. The predicted octanol–water partition coefficient (Wildman–Crippen LogP) is 2.58. The van der Waals surface area contributed by atoms with Crippen molar-refractivity contribution in [3.05, 3.63) is 0 Å². The lowest BCUT2D eigenvalue weighted by Crippen LogP contribution is -2.19. The molecule has 0 fully saturated rings. The van der Waals surface area contributed by atoms with Gasteiger partial charge in [0, 0.05) is 0 Å². The zero-order chi connectivity index (χ0) is 8.20. The second-order valence-electron chi connectivity index (χ2n) is 3.86. The van der Waals surface area contributed by atoms with E-state index in [9.17, 15) is 5.11 Å². The highest BCUT2D eigenvalue weighted by Gasteiger charge is 2.12. The summed E-state index contributed by atoms with van der Waals surface area (Å²) in [4.78, 5) is 0. The lowest BCUT2D eigenvalue weighted by atomic mass is 9.95. The van der Waals surface area contributed by atoms with E-state index in [1.54, 1.807) is 0 Å². The molecule has 0 aliphatic heterocycles. The van der Waals surface area contributed by atoms with Gasteiger partial charge in [0.2, 0.25) is 0 Å². The summed E-state index contributed by atoms with van der Waals surface area (Å²) in [7, 11) is 0. The van der Waals surface area contributed by atoms with E-state index in [0.29, 0.717) is 0 Å². The molecule has 1 atom stereocenters. The third-order valence-electron chi connectivity index (χ3n) is 1.95. The van der Waals surface area contributed by atoms with Gasteiger partial charge in [0.15, 0.2) is 0 Å². The van der Waals surface area contributed by atoms with E-state index in [1.807, 2.05) is 13.8 Å². The molecule has 0 aliphatic carbocycles. The lowest BCUT2D eigenvalue weighted by Gasteiger charge is -2.18. The minimum atomic E-state index is -0.469. The predicted molar refractivity (Wildman–Crippen MR) is 45.0 cm³/mol. The van der Waals surface area contributed by atoms with Crippen LogP contribution in [0.3, 0.4) is 0 Å². The number of hydrogen-bond acceptors (Lipinski definition) is 1. The smallest absolute Gasteiger partial charge is 0.0591 e. The maximum atomic E-state index is 9.36. The standard InChI is InChI=1S/C9H20O/c1-5-8(2)6-7-9(3,4)10/h8,10H,5-7H2,1-4H3/t8-/m0/s1. The minimum Gasteiger partial charge on any atom is -0.390 e. The maximum absolute atomic E-state index is 9.36. The van der Waals surface area contributed by atoms with E-state index in [2.05, 4.69) is 13.8 Å². The molecule has 0 spiro atoms. The Morgan fingerprint density at radius 1 is 1.40 bits per heavy atom. The molecule has 10 heavy (non-hydrogen) atoms. The fraction of sp³-hybridized carbons (Fsp3) is 1.00. The van der Waals surface area contributed by atoms with Crippen LogP contribution in [0.25, 0.3) is 0 Å². The third kappa shape index (κ3) is 6.09. The summed E-state index contributed by atoms with van der Waals surface area (Å²) in [6.45, 7) is 8.16. The van der Waals surface area contributed by atoms with Crippen LogP contribution in [0.2, 0.25) is 0 Å². The van der Waals surface area contributed by atoms with Crippen LogP contribution in [0.4, 0.5) is 0 Å². The molecule has 0 aliphatic rings. The molecule has 0 amide bonds. The van der Waals surface area contributed by atoms with Crippen LogP contribution in [0.5, 0.6) is 0 Å². The summed E-state index contributed by atoms with van der Waals surface area (Å²) >= 11 is 0. The van der Waals surface area contributed by atoms with E-state index < -0.39 is 5.60 Å². The Morgan fingerprint density at radius 2 is 1.90 bits per heavy atom. The Bertz CT molecular complexity index is 81.2. The summed E-state index contributed by atoms with van der Waals surface area (Å²) in [6.07, 6.45) is 3.28. The Labute approximate surface area is 64.5 Å². The van der Waals surface area contributed by atoms with Gasteiger partial charge in [0.1, 0.15) is 0 Å². The SMILES string of the molecule is CC[C@H](C)CCC(C)(C)O. The second-order valence-corrected chi connectivity index (χ2v) is 3.86. The average molecular weight is 144 g/mol. The van der Waals surface area contributed by atoms with Gasteiger partial charge in [-0.3, -0.25) is 0 Å². The molecule has 0 aromatic heterocycles. The van der Waals surface area contributed by atoms with Gasteiger partial charge in [0.05, 0.1) is 5.60 Å². The molecule has 0 aromatic carbocycles. The highest BCUT2D eigenvalue weighted by atomic mass is 16.3. The molecule has 0 unspecified atom stereocenters. The molecular weight excluding hydrogens is 124 g/mol. The summed E-state index contributed by atoms with van der Waals surface area (Å²) in [6, 6.07) is 0. The van der Waals surface area contributed by atoms with Gasteiger partial charge in [-0.2, -0.15) is 0 Å². The first-order valence-electron chi connectivity index (χ1n) is 4.18. The first kappa shape index (κ1) is 9.96. The van der Waals surface area contributed by atoms with Crippen molar-refractivity contribution in [3.63, 3.8) is 0 Å². The molecule has 0 rings (SSSR count). The molecule has 0 saturated heterocycles. The fourth-order valence-corrected chi connectivity index (χ4v) is 0.804. The molecule has 1 heteroatoms. The average Bonchev–Trinajstić information content (AvgIpc) is 1.81. The Hall–Kier alpha value is -0.0400. The van der Waals surface area contributed by atoms with Gasteiger partial charge in [-0.1, -0.05) is 20.3 Å². The Morgan fingerprint density at radius 3 is 2.20 bits per heavy atom. The van der Waals surface area contributed by atoms with Crippen LogP contribution in [0, 0.1) is 5.92 Å². The highest BCUT2D eigenvalue weighted by molar-refractivity contribution is 4.66. The van der Waals surface area contributed by atoms with Crippen LogP contribution in [-0.4, -0.2) is 10.7 Å². The monoisotopic (exact) mass is 144 g/mol. The highest BCUT2D eigenvalue weighted by Crippen LogP contribution is 2.17. The van der Waals surface area contributed by atoms with Crippen LogP contribution in [-0.2, 0) is 0 Å². The molecule has 1 nitrogen and oxygen atoms in total. The fourth-order valence-electron chi connectivity index (χ4n) is 0.804. The Kier molecular flexibility index (Phi) is 3.95. The summed E-state index contributed by atoms with van der Waals surface area (Å²) in [5.41, 5.74) is -0.469. The molecule has 0 saturated carbocycles. The van der Waals surface area contributed by atoms with Crippen LogP contribution < -0.4 is 0 Å². The summed E-state index contributed by atoms with van der Waals surface area (Å²) in [5.74, 6) is 0.756. The molecular formula is C9H20O. The van der Waals surface area contributed by atoms with Gasteiger partial charge in [-0.15, -0.1) is 0 Å². The maximum Gasteiger partial charge on any atom is 0.0591 e. The van der Waals surface area contributed by atoms with Gasteiger partial charge in [-0.25, -0.2) is 0 Å². The first-order valence-corrected chi connectivity index (χ1v) is 4.18. The number of hydrogen-bond donors (Lipinski definition) is 1. The molecule has 0 heterocycles. The van der Waals surface area contributed by atoms with Crippen molar-refractivity contribution >= 4 is 0 Å². The van der Waals surface area contributed by atoms with Crippen molar-refractivity contribution < 1.29 is 5.11 Å². The van der Waals surface area contributed by atoms with Gasteiger partial charge in [0.25, 0.3) is 0 Å². The normalized spacial score (nSPS) is 15.3. The van der Waals surface area contributed by atoms with Gasteiger partial charge >= 0.3 is 0 Å². The molecule has 0 radical (unpaired) electrons. The number of aliphatic hydroxyl groups is 1. The zero-order valence-corrected chi connectivity index (χ0v) is 7.65. The molecule has 0 aromatic rings. The minimum absolute atomic E-state index is 0.469. The topological polar surface area (TPSA) is 20.2 Å². The van der Waals surface area contributed by atoms with Crippen LogP contribution in [0.1, 0.15) is 47.0 Å². The van der Waals surface area contributed by atoms with Crippen molar-refractivity contribution in [3.8, 4) is 0 Å². The van der Waals surface area contributed by atoms with Crippen LogP contribution >= 0.6 is 0 Å². The largest absolute Gasteiger partial charge is 0.390 e. The quantitative estimate of drug-likeness (QED) is 0.643. The summed E-state index contributed by atoms with van der Waals surface area (Å²) in [5, 5.41) is 9.36. The van der Waals surface area contributed by atoms with Gasteiger partial charge in [-0.05, 0) is 32.6 Å². The molecule has 1 N–H and O–H groups in total. The van der Waals surface area contributed by atoms with E-state index in [-0.39, 0.29) is 0 Å². The van der Waals surface area contributed by atoms with Crippen molar-refractivity contribution in [1.82, 2.24) is 0 Å². The van der Waals surface area contributed by atoms with Crippen molar-refractivity contribution in [1.29, 1.82) is 0 Å². The zero-order valence-electron chi connectivity index (χ0n) is 7.65. The van der Waals surface area contributed by atoms with Gasteiger partial charge < -0.3 is 5.11 Å². The lowest BCUT2D eigenvalue weighted by molar-refractivity contribution is 0.0641. The third-order valence-corrected chi connectivity index (χ3v) is 1.95. The number of rotatable bonds is 4. The van der Waals surface area contributed by atoms with E-state index >= 15 is 0 Å². The van der Waals surface area contributed by atoms with Crippen molar-refractivity contribution in [2.75, 3.05) is 0 Å². The van der Waals surface area contributed by atoms with E-state index in [0.717, 1.165) is 18.8 Å². The summed E-state index contributed by atoms with van der Waals surface area (Å²) < 4.78 is 0. The molecule has 62 valence electrons. The molecule has 0 bridgehead atoms. The van der Waals surface area contributed by atoms with Crippen molar-refractivity contribution in [2.24, 2.45) is 5.92 Å². The van der Waals surface area contributed by atoms with Crippen molar-refractivity contribution in [2.45, 2.75) is 52.6 Å². The van der Waals surface area contributed by atoms with E-state index in [4.69, 9.17) is 0 Å². The second kappa shape index (κ2) is 3.97. The van der Waals surface area contributed by atoms with Crippen LogP contribution in [0.15, 0.2) is 0 Å².